The van der Waals surface area contributed by atoms with Crippen molar-refractivity contribution < 1.29 is 28.3 Å². The fraction of sp³-hybridized carbons (Fsp3) is 0.280. The monoisotopic (exact) mass is 499 g/mol. The van der Waals surface area contributed by atoms with Gasteiger partial charge < -0.3 is 10.1 Å². The predicted octanol–water partition coefficient (Wildman–Crippen LogP) is 4.29. The summed E-state index contributed by atoms with van der Waals surface area (Å²) in [4.78, 5) is 50.9. The van der Waals surface area contributed by atoms with Gasteiger partial charge in [0.2, 0.25) is 0 Å². The Balaban J connectivity index is 1.43. The third-order valence-corrected chi connectivity index (χ3v) is 6.12. The van der Waals surface area contributed by atoms with Crippen molar-refractivity contribution in [2.45, 2.75) is 38.1 Å². The SMILES string of the molecule is O=C(COc1ccc(C=C2C(=O)NC(=O)N(C3CCCCC3)C2=O)cc1Cl)Nc1ccc(F)cc1. The summed E-state index contributed by atoms with van der Waals surface area (Å²) in [5.74, 6) is -2.04. The molecule has 5 amide bonds. The van der Waals surface area contributed by atoms with Gasteiger partial charge in [-0.15, -0.1) is 0 Å². The van der Waals surface area contributed by atoms with E-state index in [0.717, 1.165) is 24.2 Å². The minimum absolute atomic E-state index is 0.154. The first kappa shape index (κ1) is 24.4. The van der Waals surface area contributed by atoms with Crippen LogP contribution in [0.4, 0.5) is 14.9 Å². The fourth-order valence-electron chi connectivity index (χ4n) is 4.11. The molecule has 2 aromatic rings. The highest BCUT2D eigenvalue weighted by Crippen LogP contribution is 2.29. The van der Waals surface area contributed by atoms with Crippen LogP contribution in [0.2, 0.25) is 5.02 Å². The third kappa shape index (κ3) is 5.86. The first-order valence-electron chi connectivity index (χ1n) is 11.2. The number of urea groups is 1. The van der Waals surface area contributed by atoms with Crippen molar-refractivity contribution in [2.24, 2.45) is 0 Å². The van der Waals surface area contributed by atoms with Crippen LogP contribution >= 0.6 is 11.6 Å². The van der Waals surface area contributed by atoms with Crippen LogP contribution in [0.5, 0.6) is 5.75 Å². The Bertz CT molecular complexity index is 1190. The molecular weight excluding hydrogens is 477 g/mol. The van der Waals surface area contributed by atoms with Gasteiger partial charge in [0.1, 0.15) is 17.1 Å². The number of hydrogen-bond acceptors (Lipinski definition) is 5. The first-order valence-corrected chi connectivity index (χ1v) is 11.6. The normalized spacial score (nSPS) is 17.9. The maximum atomic E-state index is 13.0. The van der Waals surface area contributed by atoms with Gasteiger partial charge >= 0.3 is 6.03 Å². The van der Waals surface area contributed by atoms with Crippen LogP contribution in [-0.2, 0) is 14.4 Å². The number of amides is 5. The summed E-state index contributed by atoms with van der Waals surface area (Å²) in [7, 11) is 0. The summed E-state index contributed by atoms with van der Waals surface area (Å²) in [5, 5.41) is 4.98. The number of nitrogens with zero attached hydrogens (tertiary/aromatic N) is 1. The number of barbiturate groups is 1. The second-order valence-electron chi connectivity index (χ2n) is 8.32. The van der Waals surface area contributed by atoms with E-state index in [1.54, 1.807) is 6.07 Å². The summed E-state index contributed by atoms with van der Waals surface area (Å²) >= 11 is 6.28. The molecule has 10 heteroatoms. The molecule has 1 heterocycles. The highest BCUT2D eigenvalue weighted by molar-refractivity contribution is 6.33. The Morgan fingerprint density at radius 1 is 1.11 bits per heavy atom. The van der Waals surface area contributed by atoms with Crippen LogP contribution in [0.3, 0.4) is 0 Å². The van der Waals surface area contributed by atoms with E-state index < -0.39 is 29.6 Å². The molecule has 2 aliphatic rings. The van der Waals surface area contributed by atoms with E-state index in [1.165, 1.54) is 42.5 Å². The van der Waals surface area contributed by atoms with Gasteiger partial charge in [-0.3, -0.25) is 24.6 Å². The van der Waals surface area contributed by atoms with Gasteiger partial charge in [-0.25, -0.2) is 9.18 Å². The van der Waals surface area contributed by atoms with Crippen LogP contribution in [0.25, 0.3) is 6.08 Å². The quantitative estimate of drug-likeness (QED) is 0.455. The summed E-state index contributed by atoms with van der Waals surface area (Å²) in [6.07, 6.45) is 5.71. The van der Waals surface area contributed by atoms with Crippen molar-refractivity contribution in [2.75, 3.05) is 11.9 Å². The number of anilines is 1. The summed E-state index contributed by atoms with van der Waals surface area (Å²) in [5.41, 5.74) is 0.720. The summed E-state index contributed by atoms with van der Waals surface area (Å²) in [6, 6.07) is 8.96. The first-order chi connectivity index (χ1) is 16.8. The topological polar surface area (TPSA) is 105 Å². The van der Waals surface area contributed by atoms with E-state index in [1.807, 2.05) is 0 Å². The van der Waals surface area contributed by atoms with Crippen LogP contribution in [0.15, 0.2) is 48.0 Å². The predicted molar refractivity (Wildman–Crippen MR) is 127 cm³/mol. The largest absolute Gasteiger partial charge is 0.482 e. The lowest BCUT2D eigenvalue weighted by Gasteiger charge is -2.35. The molecule has 0 unspecified atom stereocenters. The maximum absolute atomic E-state index is 13.0. The zero-order valence-corrected chi connectivity index (χ0v) is 19.4. The van der Waals surface area contributed by atoms with Gasteiger partial charge in [-0.2, -0.15) is 0 Å². The molecule has 4 rings (SSSR count). The molecule has 8 nitrogen and oxygen atoms in total. The Morgan fingerprint density at radius 3 is 2.51 bits per heavy atom. The average molecular weight is 500 g/mol. The molecule has 1 saturated heterocycles. The summed E-state index contributed by atoms with van der Waals surface area (Å²) < 4.78 is 18.4. The van der Waals surface area contributed by atoms with Crippen molar-refractivity contribution >= 4 is 47.1 Å². The van der Waals surface area contributed by atoms with Crippen molar-refractivity contribution in [1.82, 2.24) is 10.2 Å². The second-order valence-corrected chi connectivity index (χ2v) is 8.73. The molecule has 1 saturated carbocycles. The van der Waals surface area contributed by atoms with E-state index in [4.69, 9.17) is 16.3 Å². The number of carbonyl (C=O) groups excluding carboxylic acids is 4. The molecule has 2 fully saturated rings. The zero-order chi connectivity index (χ0) is 24.9. The van der Waals surface area contributed by atoms with E-state index >= 15 is 0 Å². The van der Waals surface area contributed by atoms with Crippen LogP contribution in [0, 0.1) is 5.82 Å². The molecular formula is C25H23ClFN3O5. The van der Waals surface area contributed by atoms with Gasteiger partial charge in [0.25, 0.3) is 17.7 Å². The van der Waals surface area contributed by atoms with Crippen LogP contribution in [-0.4, -0.2) is 41.3 Å². The van der Waals surface area contributed by atoms with E-state index in [-0.39, 0.29) is 29.0 Å². The van der Waals surface area contributed by atoms with Gasteiger partial charge in [-0.05, 0) is 60.9 Å². The minimum atomic E-state index is -0.763. The molecule has 1 aliphatic carbocycles. The molecule has 0 aromatic heterocycles. The second kappa shape index (κ2) is 10.7. The fourth-order valence-corrected chi connectivity index (χ4v) is 4.35. The number of benzene rings is 2. The smallest absolute Gasteiger partial charge is 0.331 e. The molecule has 1 aliphatic heterocycles. The minimum Gasteiger partial charge on any atom is -0.482 e. The lowest BCUT2D eigenvalue weighted by atomic mass is 9.93. The van der Waals surface area contributed by atoms with Gasteiger partial charge in [0.05, 0.1) is 5.02 Å². The lowest BCUT2D eigenvalue weighted by molar-refractivity contribution is -0.132. The molecule has 2 aromatic carbocycles. The molecule has 2 N–H and O–H groups in total. The molecule has 0 radical (unpaired) electrons. The van der Waals surface area contributed by atoms with Gasteiger partial charge in [0.15, 0.2) is 6.61 Å². The molecule has 0 atom stereocenters. The van der Waals surface area contributed by atoms with E-state index in [0.29, 0.717) is 24.1 Å². The highest BCUT2D eigenvalue weighted by atomic mass is 35.5. The van der Waals surface area contributed by atoms with Crippen molar-refractivity contribution in [3.63, 3.8) is 0 Å². The van der Waals surface area contributed by atoms with Crippen LogP contribution < -0.4 is 15.4 Å². The van der Waals surface area contributed by atoms with Gasteiger partial charge in [0, 0.05) is 11.7 Å². The number of ether oxygens (including phenoxy) is 1. The number of halogens is 2. The van der Waals surface area contributed by atoms with E-state index in [9.17, 15) is 23.6 Å². The Morgan fingerprint density at radius 2 is 1.83 bits per heavy atom. The van der Waals surface area contributed by atoms with Gasteiger partial charge in [-0.1, -0.05) is 36.9 Å². The number of rotatable bonds is 6. The number of nitrogens with one attached hydrogen (secondary N) is 2. The maximum Gasteiger partial charge on any atom is 0.331 e. The number of hydrogen-bond donors (Lipinski definition) is 2. The van der Waals surface area contributed by atoms with Crippen molar-refractivity contribution in [1.29, 1.82) is 0 Å². The lowest BCUT2D eigenvalue weighted by Crippen LogP contribution is -2.58. The van der Waals surface area contributed by atoms with Crippen molar-refractivity contribution in [3.05, 3.63) is 64.4 Å². The Labute approximate surface area is 206 Å². The van der Waals surface area contributed by atoms with Crippen molar-refractivity contribution in [3.8, 4) is 5.75 Å². The molecule has 35 heavy (non-hydrogen) atoms. The standard InChI is InChI=1S/C25H23ClFN3O5/c26-20-13-15(6-11-21(20)35-14-22(31)28-17-9-7-16(27)8-10-17)12-19-23(32)29-25(34)30(24(19)33)18-4-2-1-3-5-18/h6-13,18H,1-5,14H2,(H,28,31)(H,29,32,34). The number of imide groups is 2. The molecule has 0 spiro atoms. The molecule has 182 valence electrons. The van der Waals surface area contributed by atoms with E-state index in [2.05, 4.69) is 10.6 Å². The number of carbonyl (C=O) groups is 4. The third-order valence-electron chi connectivity index (χ3n) is 5.83. The Kier molecular flexibility index (Phi) is 7.45. The summed E-state index contributed by atoms with van der Waals surface area (Å²) in [6.45, 7) is -0.336. The Hall–Kier alpha value is -3.72. The zero-order valence-electron chi connectivity index (χ0n) is 18.7. The van der Waals surface area contributed by atoms with Crippen LogP contribution in [0.1, 0.15) is 37.7 Å². The average Bonchev–Trinajstić information content (AvgIpc) is 2.83. The molecule has 0 bridgehead atoms. The highest BCUT2D eigenvalue weighted by Gasteiger charge is 2.40.